The molecular weight excluding hydrogens is 354 g/mol. The maximum absolute atomic E-state index is 12.8. The summed E-state index contributed by atoms with van der Waals surface area (Å²) in [5.41, 5.74) is 1.92. The SMILES string of the molecule is CCc1noc(C)c1C(=O)N1CCN(S(=O)(=O)Cc2ccccc2)CC1. The zero-order valence-corrected chi connectivity index (χ0v) is 15.8. The lowest BCUT2D eigenvalue weighted by Crippen LogP contribution is -2.50. The first-order chi connectivity index (χ1) is 12.4. The molecule has 2 aromatic rings. The van der Waals surface area contributed by atoms with Crippen molar-refractivity contribution in [1.29, 1.82) is 0 Å². The zero-order valence-electron chi connectivity index (χ0n) is 15.0. The average molecular weight is 377 g/mol. The highest BCUT2D eigenvalue weighted by molar-refractivity contribution is 7.88. The molecule has 1 fully saturated rings. The van der Waals surface area contributed by atoms with Crippen LogP contribution in [0.5, 0.6) is 0 Å². The summed E-state index contributed by atoms with van der Waals surface area (Å²) < 4.78 is 31.8. The molecule has 2 heterocycles. The molecule has 0 atom stereocenters. The Morgan fingerprint density at radius 2 is 1.81 bits per heavy atom. The van der Waals surface area contributed by atoms with Crippen molar-refractivity contribution in [2.45, 2.75) is 26.0 Å². The lowest BCUT2D eigenvalue weighted by atomic mass is 10.1. The van der Waals surface area contributed by atoms with Crippen LogP contribution >= 0.6 is 0 Å². The highest BCUT2D eigenvalue weighted by Crippen LogP contribution is 2.19. The van der Waals surface area contributed by atoms with Gasteiger partial charge in [-0.15, -0.1) is 0 Å². The van der Waals surface area contributed by atoms with Gasteiger partial charge in [-0.25, -0.2) is 8.42 Å². The molecule has 1 aromatic heterocycles. The zero-order chi connectivity index (χ0) is 18.7. The van der Waals surface area contributed by atoms with Gasteiger partial charge in [0.05, 0.1) is 11.4 Å². The first-order valence-electron chi connectivity index (χ1n) is 8.68. The van der Waals surface area contributed by atoms with Gasteiger partial charge in [0.2, 0.25) is 10.0 Å². The molecule has 0 saturated carbocycles. The Hall–Kier alpha value is -2.19. The summed E-state index contributed by atoms with van der Waals surface area (Å²) in [6, 6.07) is 9.12. The first kappa shape index (κ1) is 18.6. The number of sulfonamides is 1. The number of nitrogens with zero attached hydrogens (tertiary/aromatic N) is 3. The van der Waals surface area contributed by atoms with E-state index in [1.807, 2.05) is 25.1 Å². The summed E-state index contributed by atoms with van der Waals surface area (Å²) in [4.78, 5) is 14.4. The van der Waals surface area contributed by atoms with E-state index in [-0.39, 0.29) is 11.7 Å². The third-order valence-electron chi connectivity index (χ3n) is 4.59. The van der Waals surface area contributed by atoms with Crippen molar-refractivity contribution in [2.75, 3.05) is 26.2 Å². The molecule has 0 radical (unpaired) electrons. The fraction of sp³-hybridized carbons (Fsp3) is 0.444. The van der Waals surface area contributed by atoms with Crippen molar-refractivity contribution in [3.8, 4) is 0 Å². The van der Waals surface area contributed by atoms with Gasteiger partial charge in [0.1, 0.15) is 11.3 Å². The van der Waals surface area contributed by atoms with E-state index in [1.165, 1.54) is 4.31 Å². The predicted molar refractivity (Wildman–Crippen MR) is 97.2 cm³/mol. The fourth-order valence-electron chi connectivity index (χ4n) is 3.14. The Balaban J connectivity index is 1.65. The minimum absolute atomic E-state index is 0.0213. The van der Waals surface area contributed by atoms with Gasteiger partial charge >= 0.3 is 0 Å². The Morgan fingerprint density at radius 3 is 2.42 bits per heavy atom. The standard InChI is InChI=1S/C18H23N3O4S/c1-3-16-17(14(2)25-19-16)18(22)20-9-11-21(12-10-20)26(23,24)13-15-7-5-4-6-8-15/h4-8H,3,9-13H2,1-2H3. The number of carbonyl (C=O) groups excluding carboxylic acids is 1. The van der Waals surface area contributed by atoms with E-state index in [4.69, 9.17) is 4.52 Å². The Morgan fingerprint density at radius 1 is 1.15 bits per heavy atom. The lowest BCUT2D eigenvalue weighted by molar-refractivity contribution is 0.0695. The van der Waals surface area contributed by atoms with Crippen molar-refractivity contribution in [2.24, 2.45) is 0 Å². The van der Waals surface area contributed by atoms with Gasteiger partial charge < -0.3 is 9.42 Å². The Bertz CT molecular complexity index is 869. The van der Waals surface area contributed by atoms with Crippen LogP contribution in [-0.2, 0) is 22.2 Å². The highest BCUT2D eigenvalue weighted by Gasteiger charge is 2.31. The van der Waals surface area contributed by atoms with Crippen LogP contribution in [0.15, 0.2) is 34.9 Å². The molecule has 1 amide bonds. The van der Waals surface area contributed by atoms with Crippen LogP contribution in [0.4, 0.5) is 0 Å². The van der Waals surface area contributed by atoms with Gasteiger partial charge in [0, 0.05) is 26.2 Å². The molecule has 0 N–H and O–H groups in total. The summed E-state index contributed by atoms with van der Waals surface area (Å²) in [6.45, 7) is 4.96. The van der Waals surface area contributed by atoms with Gasteiger partial charge in [-0.3, -0.25) is 4.79 Å². The smallest absolute Gasteiger partial charge is 0.259 e. The van der Waals surface area contributed by atoms with Gasteiger partial charge in [0.15, 0.2) is 0 Å². The van der Waals surface area contributed by atoms with Crippen molar-refractivity contribution in [3.05, 3.63) is 52.9 Å². The number of carbonyl (C=O) groups is 1. The molecular formula is C18H23N3O4S. The maximum atomic E-state index is 12.8. The number of piperazine rings is 1. The highest BCUT2D eigenvalue weighted by atomic mass is 32.2. The maximum Gasteiger partial charge on any atom is 0.259 e. The number of hydrogen-bond acceptors (Lipinski definition) is 5. The second kappa shape index (κ2) is 7.59. The van der Waals surface area contributed by atoms with Crippen LogP contribution in [0, 0.1) is 6.92 Å². The van der Waals surface area contributed by atoms with Crippen LogP contribution < -0.4 is 0 Å². The van der Waals surface area contributed by atoms with E-state index in [1.54, 1.807) is 24.0 Å². The number of benzene rings is 1. The van der Waals surface area contributed by atoms with Crippen LogP contribution in [0.1, 0.15) is 34.3 Å². The van der Waals surface area contributed by atoms with Crippen LogP contribution in [0.3, 0.4) is 0 Å². The topological polar surface area (TPSA) is 83.7 Å². The Labute approximate surface area is 153 Å². The molecule has 8 heteroatoms. The van der Waals surface area contributed by atoms with E-state index >= 15 is 0 Å². The molecule has 0 spiro atoms. The molecule has 0 bridgehead atoms. The molecule has 0 aliphatic carbocycles. The van der Waals surface area contributed by atoms with E-state index in [0.29, 0.717) is 49.6 Å². The minimum Gasteiger partial charge on any atom is -0.361 e. The summed E-state index contributed by atoms with van der Waals surface area (Å²) in [5.74, 6) is 0.346. The largest absolute Gasteiger partial charge is 0.361 e. The third kappa shape index (κ3) is 3.81. The number of rotatable bonds is 5. The monoisotopic (exact) mass is 377 g/mol. The molecule has 0 unspecified atom stereocenters. The average Bonchev–Trinajstić information content (AvgIpc) is 3.02. The van der Waals surface area contributed by atoms with E-state index in [0.717, 1.165) is 5.56 Å². The van der Waals surface area contributed by atoms with Crippen molar-refractivity contribution in [3.63, 3.8) is 0 Å². The predicted octanol–water partition coefficient (Wildman–Crippen LogP) is 1.83. The van der Waals surface area contributed by atoms with Crippen LogP contribution in [0.2, 0.25) is 0 Å². The van der Waals surface area contributed by atoms with Crippen LogP contribution in [-0.4, -0.2) is 54.9 Å². The number of aromatic nitrogens is 1. The van der Waals surface area contributed by atoms with E-state index in [9.17, 15) is 13.2 Å². The van der Waals surface area contributed by atoms with Crippen molar-refractivity contribution in [1.82, 2.24) is 14.4 Å². The molecule has 3 rings (SSSR count). The summed E-state index contributed by atoms with van der Waals surface area (Å²) in [5, 5.41) is 3.92. The van der Waals surface area contributed by atoms with E-state index < -0.39 is 10.0 Å². The first-order valence-corrected chi connectivity index (χ1v) is 10.3. The van der Waals surface area contributed by atoms with Gasteiger partial charge in [-0.2, -0.15) is 4.31 Å². The van der Waals surface area contributed by atoms with Crippen molar-refractivity contribution < 1.29 is 17.7 Å². The summed E-state index contributed by atoms with van der Waals surface area (Å²) in [6.07, 6.45) is 0.615. The second-order valence-corrected chi connectivity index (χ2v) is 8.32. The number of amides is 1. The molecule has 1 saturated heterocycles. The minimum atomic E-state index is -3.40. The summed E-state index contributed by atoms with van der Waals surface area (Å²) >= 11 is 0. The number of hydrogen-bond donors (Lipinski definition) is 0. The molecule has 1 aliphatic rings. The quantitative estimate of drug-likeness (QED) is 0.794. The van der Waals surface area contributed by atoms with Gasteiger partial charge in [-0.1, -0.05) is 42.4 Å². The van der Waals surface area contributed by atoms with Gasteiger partial charge in [0.25, 0.3) is 5.91 Å². The number of aryl methyl sites for hydroxylation is 2. The lowest BCUT2D eigenvalue weighted by Gasteiger charge is -2.34. The molecule has 1 aromatic carbocycles. The van der Waals surface area contributed by atoms with Gasteiger partial charge in [-0.05, 0) is 18.9 Å². The molecule has 26 heavy (non-hydrogen) atoms. The molecule has 7 nitrogen and oxygen atoms in total. The normalized spacial score (nSPS) is 16.0. The third-order valence-corrected chi connectivity index (χ3v) is 6.44. The molecule has 140 valence electrons. The van der Waals surface area contributed by atoms with Crippen molar-refractivity contribution >= 4 is 15.9 Å². The van der Waals surface area contributed by atoms with Crippen LogP contribution in [0.25, 0.3) is 0 Å². The Kier molecular flexibility index (Phi) is 5.43. The second-order valence-electron chi connectivity index (χ2n) is 6.35. The van der Waals surface area contributed by atoms with E-state index in [2.05, 4.69) is 5.16 Å². The summed E-state index contributed by atoms with van der Waals surface area (Å²) in [7, 11) is -3.40. The molecule has 1 aliphatic heterocycles. The fourth-order valence-corrected chi connectivity index (χ4v) is 4.65.